The van der Waals surface area contributed by atoms with Gasteiger partial charge in [0.05, 0.1) is 0 Å². The van der Waals surface area contributed by atoms with Crippen LogP contribution in [0.4, 0.5) is 4.39 Å². The number of methoxy groups -OCH3 is 2. The number of halogens is 1. The van der Waals surface area contributed by atoms with Gasteiger partial charge in [-0.3, -0.25) is 0 Å². The number of carboxylic acids is 1. The van der Waals surface area contributed by atoms with E-state index in [-0.39, 0.29) is 5.57 Å². The summed E-state index contributed by atoms with van der Waals surface area (Å²) in [7, 11) is 2.60. The van der Waals surface area contributed by atoms with Crippen molar-refractivity contribution in [1.82, 2.24) is 0 Å². The summed E-state index contributed by atoms with van der Waals surface area (Å²) in [6.45, 7) is 1.29. The molecule has 0 atom stereocenters. The zero-order valence-electron chi connectivity index (χ0n) is 7.13. The summed E-state index contributed by atoms with van der Waals surface area (Å²) >= 11 is 0. The summed E-state index contributed by atoms with van der Waals surface area (Å²) in [4.78, 5) is 10.1. The van der Waals surface area contributed by atoms with E-state index in [2.05, 4.69) is 9.47 Å². The van der Waals surface area contributed by atoms with Crippen molar-refractivity contribution in [2.24, 2.45) is 0 Å². The molecule has 0 aromatic carbocycles. The molecule has 0 saturated carbocycles. The Morgan fingerprint density at radius 1 is 1.42 bits per heavy atom. The van der Waals surface area contributed by atoms with Gasteiger partial charge in [-0.2, -0.15) is 4.39 Å². The Morgan fingerprint density at radius 3 is 2.08 bits per heavy atom. The third-order valence-corrected chi connectivity index (χ3v) is 1.32. The van der Waals surface area contributed by atoms with Crippen LogP contribution in [0.1, 0.15) is 6.92 Å². The highest BCUT2D eigenvalue weighted by molar-refractivity contribution is 5.84. The summed E-state index contributed by atoms with van der Waals surface area (Å²) in [6, 6.07) is 0. The number of rotatable bonds is 4. The van der Waals surface area contributed by atoms with Crippen LogP contribution in [-0.2, 0) is 14.3 Å². The fourth-order valence-corrected chi connectivity index (χ4v) is 0.722. The van der Waals surface area contributed by atoms with E-state index in [1.165, 1.54) is 21.1 Å². The first-order chi connectivity index (χ1) is 5.54. The average molecular weight is 178 g/mol. The zero-order valence-corrected chi connectivity index (χ0v) is 7.13. The Kier molecular flexibility index (Phi) is 4.46. The Hall–Kier alpha value is -0.940. The Bertz CT molecular complexity index is 196. The van der Waals surface area contributed by atoms with Crippen molar-refractivity contribution >= 4 is 5.97 Å². The van der Waals surface area contributed by atoms with Gasteiger partial charge in [0.15, 0.2) is 6.29 Å². The van der Waals surface area contributed by atoms with E-state index in [0.717, 1.165) is 0 Å². The first kappa shape index (κ1) is 11.1. The van der Waals surface area contributed by atoms with Gasteiger partial charge in [0.2, 0.25) is 5.83 Å². The van der Waals surface area contributed by atoms with Gasteiger partial charge in [0.25, 0.3) is 0 Å². The van der Waals surface area contributed by atoms with E-state index >= 15 is 0 Å². The SMILES string of the molecule is COC(OC)C(C)=C(F)C(=O)O. The van der Waals surface area contributed by atoms with Gasteiger partial charge in [0.1, 0.15) is 0 Å². The molecule has 0 amide bonds. The van der Waals surface area contributed by atoms with E-state index in [4.69, 9.17) is 5.11 Å². The molecule has 1 N–H and O–H groups in total. The maximum atomic E-state index is 12.7. The van der Waals surface area contributed by atoms with Gasteiger partial charge < -0.3 is 14.6 Å². The highest BCUT2D eigenvalue weighted by Crippen LogP contribution is 2.13. The first-order valence-electron chi connectivity index (χ1n) is 3.19. The Morgan fingerprint density at radius 2 is 1.83 bits per heavy atom. The molecular weight excluding hydrogens is 167 g/mol. The molecule has 0 saturated heterocycles. The van der Waals surface area contributed by atoms with Crippen LogP contribution in [0.5, 0.6) is 0 Å². The van der Waals surface area contributed by atoms with Crippen LogP contribution >= 0.6 is 0 Å². The van der Waals surface area contributed by atoms with Gasteiger partial charge >= 0.3 is 5.97 Å². The smallest absolute Gasteiger partial charge is 0.364 e. The van der Waals surface area contributed by atoms with Crippen LogP contribution in [-0.4, -0.2) is 31.6 Å². The third-order valence-electron chi connectivity index (χ3n) is 1.32. The van der Waals surface area contributed by atoms with Crippen molar-refractivity contribution in [2.45, 2.75) is 13.2 Å². The minimum atomic E-state index is -1.62. The summed E-state index contributed by atoms with van der Waals surface area (Å²) in [5.41, 5.74) is -0.0903. The van der Waals surface area contributed by atoms with Crippen molar-refractivity contribution in [3.63, 3.8) is 0 Å². The third kappa shape index (κ3) is 2.60. The van der Waals surface area contributed by atoms with E-state index in [1.807, 2.05) is 0 Å². The molecule has 4 nitrogen and oxygen atoms in total. The lowest BCUT2D eigenvalue weighted by molar-refractivity contribution is -0.135. The molecule has 0 bridgehead atoms. The van der Waals surface area contributed by atoms with E-state index < -0.39 is 18.1 Å². The predicted octanol–water partition coefficient (Wildman–Crippen LogP) is 0.933. The molecule has 5 heteroatoms. The van der Waals surface area contributed by atoms with Crippen molar-refractivity contribution in [1.29, 1.82) is 0 Å². The van der Waals surface area contributed by atoms with Crippen LogP contribution < -0.4 is 0 Å². The van der Waals surface area contributed by atoms with Gasteiger partial charge in [0, 0.05) is 19.8 Å². The fraction of sp³-hybridized carbons (Fsp3) is 0.571. The van der Waals surface area contributed by atoms with Crippen LogP contribution in [0, 0.1) is 0 Å². The van der Waals surface area contributed by atoms with Crippen molar-refractivity contribution in [3.05, 3.63) is 11.4 Å². The van der Waals surface area contributed by atoms with Crippen LogP contribution in [0.25, 0.3) is 0 Å². The molecule has 12 heavy (non-hydrogen) atoms. The number of carboxylic acid groups (broad SMARTS) is 1. The first-order valence-corrected chi connectivity index (χ1v) is 3.19. The lowest BCUT2D eigenvalue weighted by atomic mass is 10.2. The van der Waals surface area contributed by atoms with Crippen molar-refractivity contribution in [3.8, 4) is 0 Å². The number of ether oxygens (including phenoxy) is 2. The van der Waals surface area contributed by atoms with Gasteiger partial charge in [-0.1, -0.05) is 0 Å². The number of aliphatic carboxylic acids is 1. The number of carbonyl (C=O) groups is 1. The molecule has 0 unspecified atom stereocenters. The van der Waals surface area contributed by atoms with Gasteiger partial charge in [-0.15, -0.1) is 0 Å². The lowest BCUT2D eigenvalue weighted by Gasteiger charge is -2.13. The molecule has 0 fully saturated rings. The Balaban J connectivity index is 4.62. The summed E-state index contributed by atoms with van der Waals surface area (Å²) in [5.74, 6) is -2.87. The maximum absolute atomic E-state index is 12.7. The normalized spacial score (nSPS) is 13.1. The monoisotopic (exact) mass is 178 g/mol. The predicted molar refractivity (Wildman–Crippen MR) is 39.2 cm³/mol. The van der Waals surface area contributed by atoms with Crippen LogP contribution in [0.2, 0.25) is 0 Å². The second-order valence-electron chi connectivity index (χ2n) is 2.11. The quantitative estimate of drug-likeness (QED) is 0.514. The number of hydrogen-bond acceptors (Lipinski definition) is 3. The maximum Gasteiger partial charge on any atom is 0.364 e. The summed E-state index contributed by atoms with van der Waals surface area (Å²) in [5, 5.41) is 8.25. The van der Waals surface area contributed by atoms with Gasteiger partial charge in [-0.25, -0.2) is 4.79 Å². The lowest BCUT2D eigenvalue weighted by Crippen LogP contribution is -2.17. The minimum Gasteiger partial charge on any atom is -0.476 e. The molecule has 70 valence electrons. The molecule has 0 rings (SSSR count). The second kappa shape index (κ2) is 4.84. The van der Waals surface area contributed by atoms with E-state index in [1.54, 1.807) is 0 Å². The topological polar surface area (TPSA) is 55.8 Å². The molecular formula is C7H11FO4. The zero-order chi connectivity index (χ0) is 9.72. The Labute approximate surface area is 69.6 Å². The fourth-order valence-electron chi connectivity index (χ4n) is 0.722. The molecule has 0 aromatic heterocycles. The molecule has 0 aliphatic carbocycles. The van der Waals surface area contributed by atoms with Gasteiger partial charge in [-0.05, 0) is 6.92 Å². The minimum absolute atomic E-state index is 0.0903. The largest absolute Gasteiger partial charge is 0.476 e. The van der Waals surface area contributed by atoms with E-state index in [0.29, 0.717) is 0 Å². The molecule has 0 aliphatic heterocycles. The molecule has 0 heterocycles. The molecule has 0 spiro atoms. The number of hydrogen-bond donors (Lipinski definition) is 1. The molecule has 0 aromatic rings. The molecule has 0 aliphatic rings. The van der Waals surface area contributed by atoms with E-state index in [9.17, 15) is 9.18 Å². The standard InChI is InChI=1S/C7H11FO4/c1-4(5(8)6(9)10)7(11-2)12-3/h7H,1-3H3,(H,9,10). The van der Waals surface area contributed by atoms with Crippen molar-refractivity contribution < 1.29 is 23.8 Å². The molecule has 0 radical (unpaired) electrons. The summed E-state index contributed by atoms with van der Waals surface area (Å²) in [6.07, 6.45) is -0.943. The second-order valence-corrected chi connectivity index (χ2v) is 2.11. The van der Waals surface area contributed by atoms with Crippen LogP contribution in [0.3, 0.4) is 0 Å². The average Bonchev–Trinajstić information content (AvgIpc) is 2.05. The van der Waals surface area contributed by atoms with Crippen molar-refractivity contribution in [2.75, 3.05) is 14.2 Å². The highest BCUT2D eigenvalue weighted by Gasteiger charge is 2.17. The van der Waals surface area contributed by atoms with Crippen LogP contribution in [0.15, 0.2) is 11.4 Å². The highest BCUT2D eigenvalue weighted by atomic mass is 19.1. The summed E-state index contributed by atoms with van der Waals surface area (Å²) < 4.78 is 22.0.